The number of benzene rings is 1. The van der Waals surface area contributed by atoms with Crippen molar-refractivity contribution < 1.29 is 9.22 Å². The standard InChI is InChI=1S/C10H13BrO2Si/c1-14(2,3)13-10-6-8(7-12)4-5-9(10)11/h4-7H,1-3H3. The quantitative estimate of drug-likeness (QED) is 0.622. The molecule has 0 bridgehead atoms. The molecular weight excluding hydrogens is 260 g/mol. The second-order valence-corrected chi connectivity index (χ2v) is 9.31. The molecular formula is C10H13BrO2Si. The van der Waals surface area contributed by atoms with Gasteiger partial charge in [0.05, 0.1) is 4.47 Å². The van der Waals surface area contributed by atoms with Gasteiger partial charge in [-0.25, -0.2) is 0 Å². The molecule has 0 fully saturated rings. The molecule has 4 heteroatoms. The zero-order chi connectivity index (χ0) is 10.8. The first-order valence-electron chi connectivity index (χ1n) is 4.36. The number of aldehydes is 1. The lowest BCUT2D eigenvalue weighted by atomic mass is 10.2. The molecule has 0 N–H and O–H groups in total. The van der Waals surface area contributed by atoms with Gasteiger partial charge in [0, 0.05) is 5.56 Å². The van der Waals surface area contributed by atoms with Gasteiger partial charge in [0.15, 0.2) is 0 Å². The maximum Gasteiger partial charge on any atom is 0.242 e. The van der Waals surface area contributed by atoms with Crippen LogP contribution in [0.5, 0.6) is 5.75 Å². The third-order valence-electron chi connectivity index (χ3n) is 1.51. The SMILES string of the molecule is C[Si](C)(C)Oc1cc(C=O)ccc1Br. The first-order valence-corrected chi connectivity index (χ1v) is 8.56. The second-order valence-electron chi connectivity index (χ2n) is 4.02. The van der Waals surface area contributed by atoms with Crippen LogP contribution in [0.25, 0.3) is 0 Å². The molecule has 0 saturated heterocycles. The Morgan fingerprint density at radius 3 is 2.50 bits per heavy atom. The smallest absolute Gasteiger partial charge is 0.242 e. The summed E-state index contributed by atoms with van der Waals surface area (Å²) >= 11 is 3.39. The second kappa shape index (κ2) is 4.27. The molecule has 0 aliphatic heterocycles. The van der Waals surface area contributed by atoms with E-state index in [0.717, 1.165) is 16.5 Å². The minimum atomic E-state index is -1.61. The van der Waals surface area contributed by atoms with Crippen molar-refractivity contribution in [3.05, 3.63) is 28.2 Å². The molecule has 0 amide bonds. The Kier molecular flexibility index (Phi) is 3.50. The molecule has 0 unspecified atom stereocenters. The van der Waals surface area contributed by atoms with Crippen molar-refractivity contribution in [1.29, 1.82) is 0 Å². The fourth-order valence-electron chi connectivity index (χ4n) is 1.00. The first kappa shape index (κ1) is 11.5. The lowest BCUT2D eigenvalue weighted by Gasteiger charge is -2.20. The number of rotatable bonds is 3. The van der Waals surface area contributed by atoms with E-state index >= 15 is 0 Å². The van der Waals surface area contributed by atoms with Crippen molar-refractivity contribution in [3.63, 3.8) is 0 Å². The summed E-state index contributed by atoms with van der Waals surface area (Å²) in [5.41, 5.74) is 0.640. The lowest BCUT2D eigenvalue weighted by molar-refractivity contribution is 0.112. The van der Waals surface area contributed by atoms with Crippen LogP contribution in [-0.4, -0.2) is 14.6 Å². The molecule has 0 aliphatic rings. The van der Waals surface area contributed by atoms with E-state index in [2.05, 4.69) is 35.6 Å². The van der Waals surface area contributed by atoms with Crippen LogP contribution in [0.2, 0.25) is 19.6 Å². The zero-order valence-corrected chi connectivity index (χ0v) is 11.1. The first-order chi connectivity index (χ1) is 6.42. The fourth-order valence-corrected chi connectivity index (χ4v) is 2.31. The number of hydrogen-bond acceptors (Lipinski definition) is 2. The zero-order valence-electron chi connectivity index (χ0n) is 8.50. The van der Waals surface area contributed by atoms with Crippen molar-refractivity contribution in [2.24, 2.45) is 0 Å². The molecule has 0 saturated carbocycles. The van der Waals surface area contributed by atoms with E-state index in [1.54, 1.807) is 12.1 Å². The van der Waals surface area contributed by atoms with E-state index in [9.17, 15) is 4.79 Å². The van der Waals surface area contributed by atoms with Crippen LogP contribution >= 0.6 is 15.9 Å². The highest BCUT2D eigenvalue weighted by Crippen LogP contribution is 2.27. The van der Waals surface area contributed by atoms with Crippen LogP contribution in [0.15, 0.2) is 22.7 Å². The summed E-state index contributed by atoms with van der Waals surface area (Å²) in [5, 5.41) is 0. The van der Waals surface area contributed by atoms with Gasteiger partial charge in [0.25, 0.3) is 0 Å². The van der Waals surface area contributed by atoms with E-state index < -0.39 is 8.32 Å². The van der Waals surface area contributed by atoms with Crippen LogP contribution in [0.4, 0.5) is 0 Å². The van der Waals surface area contributed by atoms with E-state index in [0.29, 0.717) is 5.56 Å². The summed E-state index contributed by atoms with van der Waals surface area (Å²) in [6.45, 7) is 6.31. The van der Waals surface area contributed by atoms with E-state index in [-0.39, 0.29) is 0 Å². The fraction of sp³-hybridized carbons (Fsp3) is 0.300. The molecule has 0 radical (unpaired) electrons. The van der Waals surface area contributed by atoms with Crippen molar-refractivity contribution in [2.45, 2.75) is 19.6 Å². The van der Waals surface area contributed by atoms with Crippen molar-refractivity contribution >= 4 is 30.5 Å². The summed E-state index contributed by atoms with van der Waals surface area (Å²) in [6.07, 6.45) is 0.823. The molecule has 14 heavy (non-hydrogen) atoms. The molecule has 1 aromatic carbocycles. The Hall–Kier alpha value is -0.613. The highest BCUT2D eigenvalue weighted by molar-refractivity contribution is 9.10. The minimum Gasteiger partial charge on any atom is -0.544 e. The molecule has 0 spiro atoms. The van der Waals surface area contributed by atoms with E-state index in [1.807, 2.05) is 6.07 Å². The van der Waals surface area contributed by atoms with Crippen LogP contribution < -0.4 is 4.43 Å². The Morgan fingerprint density at radius 2 is 2.00 bits per heavy atom. The third kappa shape index (κ3) is 3.27. The van der Waals surface area contributed by atoms with Gasteiger partial charge in [0.1, 0.15) is 12.0 Å². The van der Waals surface area contributed by atoms with Gasteiger partial charge in [-0.15, -0.1) is 0 Å². The van der Waals surface area contributed by atoms with Gasteiger partial charge in [-0.1, -0.05) is 6.07 Å². The maximum absolute atomic E-state index is 10.6. The van der Waals surface area contributed by atoms with Gasteiger partial charge < -0.3 is 4.43 Å². The molecule has 0 aromatic heterocycles. The van der Waals surface area contributed by atoms with Crippen molar-refractivity contribution in [3.8, 4) is 5.75 Å². The summed E-state index contributed by atoms with van der Waals surface area (Å²) in [4.78, 5) is 10.6. The number of hydrogen-bond donors (Lipinski definition) is 0. The average Bonchev–Trinajstić information content (AvgIpc) is 2.06. The molecule has 0 atom stereocenters. The topological polar surface area (TPSA) is 26.3 Å². The highest BCUT2D eigenvalue weighted by atomic mass is 79.9. The Labute approximate surface area is 93.5 Å². The predicted molar refractivity (Wildman–Crippen MR) is 63.5 cm³/mol. The number of carbonyl (C=O) groups is 1. The summed E-state index contributed by atoms with van der Waals surface area (Å²) in [7, 11) is -1.61. The highest BCUT2D eigenvalue weighted by Gasteiger charge is 2.17. The largest absolute Gasteiger partial charge is 0.544 e. The van der Waals surface area contributed by atoms with Crippen LogP contribution in [0, 0.1) is 0 Å². The Bertz CT molecular complexity index is 344. The number of carbonyl (C=O) groups excluding carboxylic acids is 1. The van der Waals surface area contributed by atoms with Gasteiger partial charge in [-0.2, -0.15) is 0 Å². The number of halogens is 1. The van der Waals surface area contributed by atoms with E-state index in [1.165, 1.54) is 0 Å². The van der Waals surface area contributed by atoms with Gasteiger partial charge in [-0.05, 0) is 47.7 Å². The monoisotopic (exact) mass is 272 g/mol. The summed E-state index contributed by atoms with van der Waals surface area (Å²) in [5.74, 6) is 0.758. The average molecular weight is 273 g/mol. The molecule has 0 heterocycles. The molecule has 2 nitrogen and oxygen atoms in total. The van der Waals surface area contributed by atoms with Crippen molar-refractivity contribution in [1.82, 2.24) is 0 Å². The van der Waals surface area contributed by atoms with Crippen LogP contribution in [0.3, 0.4) is 0 Å². The molecule has 76 valence electrons. The predicted octanol–water partition coefficient (Wildman–Crippen LogP) is 3.48. The van der Waals surface area contributed by atoms with E-state index in [4.69, 9.17) is 4.43 Å². The molecule has 1 rings (SSSR count). The minimum absolute atomic E-state index is 0.640. The van der Waals surface area contributed by atoms with Gasteiger partial charge >= 0.3 is 0 Å². The Morgan fingerprint density at radius 1 is 1.36 bits per heavy atom. The maximum atomic E-state index is 10.6. The van der Waals surface area contributed by atoms with Gasteiger partial charge in [-0.3, -0.25) is 4.79 Å². The lowest BCUT2D eigenvalue weighted by Crippen LogP contribution is -2.29. The summed E-state index contributed by atoms with van der Waals surface area (Å²) in [6, 6.07) is 5.35. The third-order valence-corrected chi connectivity index (χ3v) is 2.99. The Balaban J connectivity index is 3.01. The van der Waals surface area contributed by atoms with Gasteiger partial charge in [0.2, 0.25) is 8.32 Å². The summed E-state index contributed by atoms with van der Waals surface area (Å²) < 4.78 is 6.70. The van der Waals surface area contributed by atoms with Crippen LogP contribution in [-0.2, 0) is 0 Å². The van der Waals surface area contributed by atoms with Crippen molar-refractivity contribution in [2.75, 3.05) is 0 Å². The van der Waals surface area contributed by atoms with Crippen LogP contribution in [0.1, 0.15) is 10.4 Å². The molecule has 0 aliphatic carbocycles. The normalized spacial score (nSPS) is 11.1. The molecule has 1 aromatic rings.